The van der Waals surface area contributed by atoms with Crippen molar-refractivity contribution in [1.82, 2.24) is 0 Å². The Hall–Kier alpha value is -1.86. The number of amides is 1. The zero-order valence-corrected chi connectivity index (χ0v) is 17.0. The Morgan fingerprint density at radius 1 is 1.33 bits per heavy atom. The molecule has 0 saturated heterocycles. The van der Waals surface area contributed by atoms with Gasteiger partial charge < -0.3 is 10.1 Å². The number of esters is 1. The van der Waals surface area contributed by atoms with Gasteiger partial charge in [-0.25, -0.2) is 9.18 Å². The molecule has 0 spiro atoms. The second kappa shape index (κ2) is 8.89. The van der Waals surface area contributed by atoms with Gasteiger partial charge in [-0.1, -0.05) is 6.92 Å². The molecular formula is C20H22FNO3S2. The number of benzene rings is 1. The number of carbonyl (C=O) groups is 2. The predicted molar refractivity (Wildman–Crippen MR) is 107 cm³/mol. The van der Waals surface area contributed by atoms with Gasteiger partial charge in [0, 0.05) is 21.9 Å². The Bertz CT molecular complexity index is 832. The molecule has 1 aromatic heterocycles. The standard InChI is InChI=1S/C20H22FNO3S2/c1-12-3-8-15-16(11-12)27-19(18(15)20(24)25-2)22-17(23)9-10-26-14-6-4-13(21)5-7-14/h4-7,12H,3,8-11H2,1-2H3,(H,22,23)/t12-/m1/s1. The molecule has 1 heterocycles. The molecule has 27 heavy (non-hydrogen) atoms. The van der Waals surface area contributed by atoms with Crippen LogP contribution in [-0.4, -0.2) is 24.7 Å². The first kappa shape index (κ1) is 19.9. The summed E-state index contributed by atoms with van der Waals surface area (Å²) in [5.74, 6) is 0.354. The number of fused-ring (bicyclic) bond motifs is 1. The number of thioether (sulfide) groups is 1. The average molecular weight is 408 g/mol. The Balaban J connectivity index is 1.64. The van der Waals surface area contributed by atoms with Gasteiger partial charge >= 0.3 is 5.97 Å². The summed E-state index contributed by atoms with van der Waals surface area (Å²) in [6, 6.07) is 6.20. The van der Waals surface area contributed by atoms with E-state index in [-0.39, 0.29) is 11.7 Å². The molecule has 144 valence electrons. The monoisotopic (exact) mass is 407 g/mol. The second-order valence-corrected chi connectivity index (χ2v) is 8.92. The van der Waals surface area contributed by atoms with Crippen molar-refractivity contribution < 1.29 is 18.7 Å². The molecule has 4 nitrogen and oxygen atoms in total. The maximum absolute atomic E-state index is 12.9. The summed E-state index contributed by atoms with van der Waals surface area (Å²) in [6.45, 7) is 2.20. The Morgan fingerprint density at radius 2 is 2.07 bits per heavy atom. The minimum atomic E-state index is -0.391. The van der Waals surface area contributed by atoms with Gasteiger partial charge in [-0.3, -0.25) is 4.79 Å². The third-order valence-electron chi connectivity index (χ3n) is 4.57. The summed E-state index contributed by atoms with van der Waals surface area (Å²) < 4.78 is 17.9. The topological polar surface area (TPSA) is 55.4 Å². The van der Waals surface area contributed by atoms with Crippen LogP contribution in [0.4, 0.5) is 9.39 Å². The first-order valence-electron chi connectivity index (χ1n) is 8.89. The summed E-state index contributed by atoms with van der Waals surface area (Å²) in [4.78, 5) is 26.7. The molecule has 1 aromatic carbocycles. The predicted octanol–water partition coefficient (Wildman–Crippen LogP) is 4.92. The normalized spacial score (nSPS) is 15.9. The van der Waals surface area contributed by atoms with E-state index in [1.165, 1.54) is 47.2 Å². The van der Waals surface area contributed by atoms with E-state index < -0.39 is 5.97 Å². The van der Waals surface area contributed by atoms with Crippen molar-refractivity contribution in [1.29, 1.82) is 0 Å². The number of nitrogens with one attached hydrogen (secondary N) is 1. The van der Waals surface area contributed by atoms with Crippen LogP contribution in [0.3, 0.4) is 0 Å². The van der Waals surface area contributed by atoms with Gasteiger partial charge in [-0.05, 0) is 55.0 Å². The van der Waals surface area contributed by atoms with Gasteiger partial charge in [0.05, 0.1) is 12.7 Å². The molecule has 1 aliphatic carbocycles. The van der Waals surface area contributed by atoms with E-state index in [0.29, 0.717) is 28.7 Å². The van der Waals surface area contributed by atoms with Crippen molar-refractivity contribution in [2.45, 2.75) is 37.5 Å². The highest BCUT2D eigenvalue weighted by atomic mass is 32.2. The minimum Gasteiger partial charge on any atom is -0.465 e. The Labute approximate surface area is 166 Å². The molecule has 0 saturated carbocycles. The van der Waals surface area contributed by atoms with Crippen molar-refractivity contribution in [3.05, 3.63) is 46.1 Å². The molecule has 0 unspecified atom stereocenters. The first-order chi connectivity index (χ1) is 13.0. The number of anilines is 1. The fourth-order valence-electron chi connectivity index (χ4n) is 3.14. The van der Waals surface area contributed by atoms with Crippen molar-refractivity contribution in [3.8, 4) is 0 Å². The van der Waals surface area contributed by atoms with Crippen LogP contribution in [0.25, 0.3) is 0 Å². The minimum absolute atomic E-state index is 0.138. The Kier molecular flexibility index (Phi) is 6.55. The van der Waals surface area contributed by atoms with Crippen LogP contribution in [0.5, 0.6) is 0 Å². The van der Waals surface area contributed by atoms with E-state index >= 15 is 0 Å². The van der Waals surface area contributed by atoms with Crippen LogP contribution in [-0.2, 0) is 22.4 Å². The SMILES string of the molecule is COC(=O)c1c(NC(=O)CCSc2ccc(F)cc2)sc2c1CC[C@@H](C)C2. The fourth-order valence-corrected chi connectivity index (χ4v) is 5.41. The van der Waals surface area contributed by atoms with E-state index in [0.717, 1.165) is 29.7 Å². The molecule has 1 N–H and O–H groups in total. The highest BCUT2D eigenvalue weighted by molar-refractivity contribution is 7.99. The number of methoxy groups -OCH3 is 1. The molecule has 7 heteroatoms. The van der Waals surface area contributed by atoms with Crippen LogP contribution < -0.4 is 5.32 Å². The lowest BCUT2D eigenvalue weighted by Gasteiger charge is -2.18. The van der Waals surface area contributed by atoms with Gasteiger partial charge in [0.2, 0.25) is 5.91 Å². The lowest BCUT2D eigenvalue weighted by Crippen LogP contribution is -2.16. The summed E-state index contributed by atoms with van der Waals surface area (Å²) in [6.07, 6.45) is 3.12. The lowest BCUT2D eigenvalue weighted by molar-refractivity contribution is -0.115. The maximum atomic E-state index is 12.9. The second-order valence-electron chi connectivity index (χ2n) is 6.65. The number of hydrogen-bond donors (Lipinski definition) is 1. The zero-order chi connectivity index (χ0) is 19.4. The number of carbonyl (C=O) groups excluding carboxylic acids is 2. The van der Waals surface area contributed by atoms with Gasteiger partial charge in [0.1, 0.15) is 10.8 Å². The number of thiophene rings is 1. The van der Waals surface area contributed by atoms with E-state index in [1.807, 2.05) is 0 Å². The third-order valence-corrected chi connectivity index (χ3v) is 6.75. The summed E-state index contributed by atoms with van der Waals surface area (Å²) >= 11 is 2.98. The van der Waals surface area contributed by atoms with Gasteiger partial charge in [0.15, 0.2) is 0 Å². The van der Waals surface area contributed by atoms with Crippen LogP contribution in [0.15, 0.2) is 29.2 Å². The summed E-state index contributed by atoms with van der Waals surface area (Å²) in [7, 11) is 1.36. The van der Waals surface area contributed by atoms with E-state index in [2.05, 4.69) is 12.2 Å². The van der Waals surface area contributed by atoms with Crippen LogP contribution in [0, 0.1) is 11.7 Å². The Morgan fingerprint density at radius 3 is 2.78 bits per heavy atom. The summed E-state index contributed by atoms with van der Waals surface area (Å²) in [5, 5.41) is 3.49. The smallest absolute Gasteiger partial charge is 0.341 e. The molecule has 0 radical (unpaired) electrons. The quantitative estimate of drug-likeness (QED) is 0.545. The largest absolute Gasteiger partial charge is 0.465 e. The van der Waals surface area contributed by atoms with Crippen molar-refractivity contribution in [3.63, 3.8) is 0 Å². The molecular weight excluding hydrogens is 385 g/mol. The zero-order valence-electron chi connectivity index (χ0n) is 15.3. The molecule has 1 amide bonds. The maximum Gasteiger partial charge on any atom is 0.341 e. The van der Waals surface area contributed by atoms with Crippen molar-refractivity contribution in [2.75, 3.05) is 18.2 Å². The first-order valence-corrected chi connectivity index (χ1v) is 10.7. The van der Waals surface area contributed by atoms with Crippen LogP contribution in [0.2, 0.25) is 0 Å². The highest BCUT2D eigenvalue weighted by Gasteiger charge is 2.28. The van der Waals surface area contributed by atoms with E-state index in [9.17, 15) is 14.0 Å². The van der Waals surface area contributed by atoms with Crippen LogP contribution in [0.1, 0.15) is 40.6 Å². The molecule has 0 fully saturated rings. The lowest BCUT2D eigenvalue weighted by atomic mass is 9.88. The average Bonchev–Trinajstić information content (AvgIpc) is 2.99. The van der Waals surface area contributed by atoms with Crippen LogP contribution >= 0.6 is 23.1 Å². The molecule has 1 atom stereocenters. The number of hydrogen-bond acceptors (Lipinski definition) is 5. The van der Waals surface area contributed by atoms with Gasteiger partial charge in [0.25, 0.3) is 0 Å². The fraction of sp³-hybridized carbons (Fsp3) is 0.400. The highest BCUT2D eigenvalue weighted by Crippen LogP contribution is 2.40. The summed E-state index contributed by atoms with van der Waals surface area (Å²) in [5.41, 5.74) is 1.55. The van der Waals surface area contributed by atoms with E-state index in [1.54, 1.807) is 12.1 Å². The molecule has 1 aliphatic rings. The molecule has 3 rings (SSSR count). The molecule has 0 aliphatic heterocycles. The number of halogens is 1. The van der Waals surface area contributed by atoms with Crippen molar-refractivity contribution in [2.24, 2.45) is 5.92 Å². The number of rotatable bonds is 6. The molecule has 0 bridgehead atoms. The number of ether oxygens (including phenoxy) is 1. The van der Waals surface area contributed by atoms with Crippen molar-refractivity contribution >= 4 is 40.0 Å². The van der Waals surface area contributed by atoms with E-state index in [4.69, 9.17) is 4.74 Å². The van der Waals surface area contributed by atoms with Gasteiger partial charge in [-0.2, -0.15) is 0 Å². The van der Waals surface area contributed by atoms with Gasteiger partial charge in [-0.15, -0.1) is 23.1 Å². The third kappa shape index (κ3) is 4.90. The molecule has 2 aromatic rings.